The van der Waals surface area contributed by atoms with Crippen LogP contribution in [0.1, 0.15) is 27.4 Å². The summed E-state index contributed by atoms with van der Waals surface area (Å²) in [6.45, 7) is 0.0358. The number of hydrogen-bond donors (Lipinski definition) is 1. The molecule has 0 aromatic carbocycles. The number of carbonyl (C=O) groups is 2. The van der Waals surface area contributed by atoms with E-state index in [0.717, 1.165) is 4.90 Å². The number of hydrogen-bond acceptors (Lipinski definition) is 5. The lowest BCUT2D eigenvalue weighted by atomic mass is 10.2. The Hall–Kier alpha value is -2.82. The average Bonchev–Trinajstić information content (AvgIpc) is 3.34. The lowest BCUT2D eigenvalue weighted by molar-refractivity contribution is 0.0116. The smallest absolute Gasteiger partial charge is 0.273 e. The highest BCUT2D eigenvalue weighted by Gasteiger charge is 2.47. The van der Waals surface area contributed by atoms with Crippen LogP contribution < -0.4 is 5.32 Å². The highest BCUT2D eigenvalue weighted by molar-refractivity contribution is 5.93. The fraction of sp³-hybridized carbons (Fsp3) is 0.529. The summed E-state index contributed by atoms with van der Waals surface area (Å²) in [4.78, 5) is 25.9. The number of amides is 2. The molecule has 2 aromatic heterocycles. The van der Waals surface area contributed by atoms with Gasteiger partial charge in [0.05, 0.1) is 31.9 Å². The van der Waals surface area contributed by atoms with Gasteiger partial charge in [-0.15, -0.1) is 5.10 Å². The number of aromatic nitrogens is 4. The normalized spacial score (nSPS) is 18.4. The number of ether oxygens (including phenoxy) is 1. The van der Waals surface area contributed by atoms with Gasteiger partial charge >= 0.3 is 0 Å². The second-order valence-electron chi connectivity index (χ2n) is 6.73. The molecular formula is C17H22F2N6O3. The van der Waals surface area contributed by atoms with E-state index in [4.69, 9.17) is 4.74 Å². The standard InChI is InChI=1S/C17H22F2N6O3/c1-23-6-3-4-14(23)16(27)25-11-17(18,19)8-12(25)9-24-10-13(21-22-24)15(26)20-5-7-28-2/h3-4,6,10,12H,5,7-9,11H2,1-2H3,(H,20,26)/t12-/m0/s1. The number of rotatable bonds is 7. The molecule has 0 spiro atoms. The second-order valence-corrected chi connectivity index (χ2v) is 6.73. The van der Waals surface area contributed by atoms with Crippen molar-refractivity contribution in [3.63, 3.8) is 0 Å². The van der Waals surface area contributed by atoms with E-state index in [9.17, 15) is 18.4 Å². The van der Waals surface area contributed by atoms with E-state index in [2.05, 4.69) is 15.6 Å². The summed E-state index contributed by atoms with van der Waals surface area (Å²) < 4.78 is 35.8. The molecule has 0 bridgehead atoms. The van der Waals surface area contributed by atoms with Crippen molar-refractivity contribution >= 4 is 11.8 Å². The average molecular weight is 396 g/mol. The van der Waals surface area contributed by atoms with Gasteiger partial charge in [-0.2, -0.15) is 0 Å². The van der Waals surface area contributed by atoms with E-state index in [0.29, 0.717) is 18.8 Å². The minimum absolute atomic E-state index is 0.0180. The Morgan fingerprint density at radius 2 is 2.21 bits per heavy atom. The van der Waals surface area contributed by atoms with Crippen molar-refractivity contribution in [2.75, 3.05) is 26.8 Å². The fourth-order valence-electron chi connectivity index (χ4n) is 3.19. The molecule has 2 aromatic rings. The maximum atomic E-state index is 14.0. The summed E-state index contributed by atoms with van der Waals surface area (Å²) in [7, 11) is 3.20. The molecule has 1 saturated heterocycles. The highest BCUT2D eigenvalue weighted by Crippen LogP contribution is 2.33. The monoisotopic (exact) mass is 396 g/mol. The van der Waals surface area contributed by atoms with Gasteiger partial charge in [-0.3, -0.25) is 9.59 Å². The molecule has 0 radical (unpaired) electrons. The number of halogens is 2. The number of carbonyl (C=O) groups excluding carboxylic acids is 2. The van der Waals surface area contributed by atoms with Crippen molar-refractivity contribution in [3.05, 3.63) is 35.9 Å². The summed E-state index contributed by atoms with van der Waals surface area (Å²) >= 11 is 0. The van der Waals surface area contributed by atoms with E-state index in [1.54, 1.807) is 29.9 Å². The van der Waals surface area contributed by atoms with Gasteiger partial charge in [0.1, 0.15) is 5.69 Å². The van der Waals surface area contributed by atoms with Crippen LogP contribution in [0.4, 0.5) is 8.78 Å². The SMILES string of the molecule is COCCNC(=O)c1cn(C[C@@H]2CC(F)(F)CN2C(=O)c2cccn2C)nn1. The van der Waals surface area contributed by atoms with Gasteiger partial charge in [0.15, 0.2) is 5.69 Å². The van der Waals surface area contributed by atoms with E-state index in [1.807, 2.05) is 0 Å². The molecule has 1 aliphatic rings. The van der Waals surface area contributed by atoms with Crippen LogP contribution in [0.5, 0.6) is 0 Å². The lowest BCUT2D eigenvalue weighted by Gasteiger charge is -2.23. The van der Waals surface area contributed by atoms with Gasteiger partial charge in [0.25, 0.3) is 17.7 Å². The topological polar surface area (TPSA) is 94.3 Å². The van der Waals surface area contributed by atoms with Crippen LogP contribution in [0, 0.1) is 0 Å². The number of nitrogens with zero attached hydrogens (tertiary/aromatic N) is 5. The minimum Gasteiger partial charge on any atom is -0.383 e. The Kier molecular flexibility index (Phi) is 5.73. The third kappa shape index (κ3) is 4.35. The first-order chi connectivity index (χ1) is 13.3. The first-order valence-electron chi connectivity index (χ1n) is 8.78. The number of likely N-dealkylation sites (tertiary alicyclic amines) is 1. The zero-order chi connectivity index (χ0) is 20.3. The molecule has 9 nitrogen and oxygen atoms in total. The lowest BCUT2D eigenvalue weighted by Crippen LogP contribution is -2.39. The molecular weight excluding hydrogens is 374 g/mol. The molecule has 0 unspecified atom stereocenters. The van der Waals surface area contributed by atoms with Gasteiger partial charge in [0, 0.05) is 33.3 Å². The first-order valence-corrected chi connectivity index (χ1v) is 8.78. The molecule has 2 amide bonds. The summed E-state index contributed by atoms with van der Waals surface area (Å²) in [5.41, 5.74) is 0.403. The van der Waals surface area contributed by atoms with Crippen LogP contribution in [-0.2, 0) is 18.3 Å². The summed E-state index contributed by atoms with van der Waals surface area (Å²) in [6, 6.07) is 2.51. The van der Waals surface area contributed by atoms with E-state index in [1.165, 1.54) is 18.0 Å². The van der Waals surface area contributed by atoms with Crippen LogP contribution in [0.25, 0.3) is 0 Å². The predicted octanol–water partition coefficient (Wildman–Crippen LogP) is 0.543. The number of nitrogens with one attached hydrogen (secondary N) is 1. The van der Waals surface area contributed by atoms with Crippen molar-refractivity contribution < 1.29 is 23.1 Å². The molecule has 0 saturated carbocycles. The maximum Gasteiger partial charge on any atom is 0.273 e. The molecule has 1 aliphatic heterocycles. The Morgan fingerprint density at radius 3 is 2.89 bits per heavy atom. The van der Waals surface area contributed by atoms with Gasteiger partial charge in [-0.1, -0.05) is 5.21 Å². The summed E-state index contributed by atoms with van der Waals surface area (Å²) in [6.07, 6.45) is 2.59. The van der Waals surface area contributed by atoms with Gasteiger partial charge in [-0.25, -0.2) is 13.5 Å². The van der Waals surface area contributed by atoms with E-state index < -0.39 is 36.7 Å². The van der Waals surface area contributed by atoms with Crippen LogP contribution in [0.15, 0.2) is 24.5 Å². The predicted molar refractivity (Wildman–Crippen MR) is 94.0 cm³/mol. The zero-order valence-electron chi connectivity index (χ0n) is 15.6. The number of methoxy groups -OCH3 is 1. The molecule has 152 valence electrons. The van der Waals surface area contributed by atoms with Crippen molar-refractivity contribution in [1.82, 2.24) is 29.8 Å². The van der Waals surface area contributed by atoms with Crippen LogP contribution >= 0.6 is 0 Å². The third-order valence-corrected chi connectivity index (χ3v) is 4.56. The number of aryl methyl sites for hydroxylation is 1. The van der Waals surface area contributed by atoms with Crippen LogP contribution in [0.3, 0.4) is 0 Å². The number of alkyl halides is 2. The Bertz CT molecular complexity index is 850. The van der Waals surface area contributed by atoms with Crippen LogP contribution in [0.2, 0.25) is 0 Å². The van der Waals surface area contributed by atoms with Gasteiger partial charge in [0.2, 0.25) is 0 Å². The Balaban J connectivity index is 1.70. The third-order valence-electron chi connectivity index (χ3n) is 4.56. The van der Waals surface area contributed by atoms with Crippen molar-refractivity contribution in [2.24, 2.45) is 7.05 Å². The summed E-state index contributed by atoms with van der Waals surface area (Å²) in [5, 5.41) is 10.2. The van der Waals surface area contributed by atoms with Gasteiger partial charge < -0.3 is 19.5 Å². The van der Waals surface area contributed by atoms with Gasteiger partial charge in [-0.05, 0) is 12.1 Å². The highest BCUT2D eigenvalue weighted by atomic mass is 19.3. The fourth-order valence-corrected chi connectivity index (χ4v) is 3.19. The maximum absolute atomic E-state index is 14.0. The van der Waals surface area contributed by atoms with Crippen molar-refractivity contribution in [3.8, 4) is 0 Å². The molecule has 1 atom stereocenters. The van der Waals surface area contributed by atoms with Crippen molar-refractivity contribution in [1.29, 1.82) is 0 Å². The largest absolute Gasteiger partial charge is 0.383 e. The molecule has 3 heterocycles. The molecule has 1 N–H and O–H groups in total. The second kappa shape index (κ2) is 8.05. The summed E-state index contributed by atoms with van der Waals surface area (Å²) in [5.74, 6) is -3.88. The quantitative estimate of drug-likeness (QED) is 0.690. The van der Waals surface area contributed by atoms with E-state index >= 15 is 0 Å². The molecule has 1 fully saturated rings. The Morgan fingerprint density at radius 1 is 1.43 bits per heavy atom. The Labute approximate surface area is 160 Å². The van der Waals surface area contributed by atoms with Crippen molar-refractivity contribution in [2.45, 2.75) is 24.9 Å². The van der Waals surface area contributed by atoms with Crippen LogP contribution in [-0.4, -0.2) is 75.0 Å². The molecule has 3 rings (SSSR count). The van der Waals surface area contributed by atoms with E-state index in [-0.39, 0.29) is 12.2 Å². The first kappa shape index (κ1) is 19.9. The zero-order valence-corrected chi connectivity index (χ0v) is 15.6. The molecule has 0 aliphatic carbocycles. The molecule has 28 heavy (non-hydrogen) atoms. The molecule has 11 heteroatoms. The minimum atomic E-state index is -2.98.